The summed E-state index contributed by atoms with van der Waals surface area (Å²) < 4.78 is 5.59. The highest BCUT2D eigenvalue weighted by Crippen LogP contribution is 2.27. The first-order valence-electron chi connectivity index (χ1n) is 6.01. The molecule has 4 nitrogen and oxygen atoms in total. The van der Waals surface area contributed by atoms with Gasteiger partial charge in [-0.25, -0.2) is 0 Å². The summed E-state index contributed by atoms with van der Waals surface area (Å²) in [7, 11) is 0. The zero-order chi connectivity index (χ0) is 13.8. The van der Waals surface area contributed by atoms with E-state index in [9.17, 15) is 5.26 Å². The monoisotopic (exact) mass is 319 g/mol. The zero-order valence-electron chi connectivity index (χ0n) is 10.7. The maximum Gasteiger partial charge on any atom is 0.164 e. The van der Waals surface area contributed by atoms with Gasteiger partial charge in [-0.2, -0.15) is 5.26 Å². The number of nitrogens with zero attached hydrogens (tertiary/aromatic N) is 3. The molecule has 0 bridgehead atoms. The number of rotatable bonds is 3. The summed E-state index contributed by atoms with van der Waals surface area (Å²) in [4.78, 5) is 8.74. The van der Waals surface area contributed by atoms with Crippen LogP contribution in [0.5, 0.6) is 5.75 Å². The summed E-state index contributed by atoms with van der Waals surface area (Å²) in [5.74, 6) is 0.600. The van der Waals surface area contributed by atoms with Gasteiger partial charge < -0.3 is 4.74 Å². The summed E-state index contributed by atoms with van der Waals surface area (Å²) in [6, 6.07) is 7.63. The van der Waals surface area contributed by atoms with Gasteiger partial charge in [0.25, 0.3) is 0 Å². The third-order valence-electron chi connectivity index (χ3n) is 2.52. The Balaban J connectivity index is 2.27. The molecule has 0 fully saturated rings. The second-order valence-corrected chi connectivity index (χ2v) is 5.51. The van der Waals surface area contributed by atoms with Gasteiger partial charge in [-0.1, -0.05) is 22.0 Å². The average Bonchev–Trinajstić information content (AvgIpc) is 2.39. The van der Waals surface area contributed by atoms with Crippen molar-refractivity contribution in [2.75, 3.05) is 0 Å². The number of ether oxygens (including phenoxy) is 1. The number of alkyl halides is 1. The molecule has 0 aliphatic carbocycles. The molecule has 0 atom stereocenters. The Morgan fingerprint density at radius 3 is 2.58 bits per heavy atom. The van der Waals surface area contributed by atoms with Crippen LogP contribution >= 0.6 is 15.9 Å². The van der Waals surface area contributed by atoms with Gasteiger partial charge in [-0.15, -0.1) is 0 Å². The van der Waals surface area contributed by atoms with Crippen molar-refractivity contribution in [3.63, 3.8) is 0 Å². The lowest BCUT2D eigenvalue weighted by Gasteiger charge is -2.15. The quantitative estimate of drug-likeness (QED) is 0.803. The summed E-state index contributed by atoms with van der Waals surface area (Å²) in [6.07, 6.45) is 3.36. The lowest BCUT2D eigenvalue weighted by molar-refractivity contribution is 0.241. The van der Waals surface area contributed by atoms with Gasteiger partial charge in [0.2, 0.25) is 0 Å². The SMILES string of the molecule is CC(C)Oc1ccc(C2N=CC(Br)C=N2)cc1C#N. The normalized spacial score (nSPS) is 21.4. The van der Waals surface area contributed by atoms with E-state index >= 15 is 0 Å². The van der Waals surface area contributed by atoms with Crippen LogP contribution in [0.1, 0.15) is 31.1 Å². The van der Waals surface area contributed by atoms with Crippen molar-refractivity contribution >= 4 is 28.4 Å². The van der Waals surface area contributed by atoms with Crippen molar-refractivity contribution in [3.05, 3.63) is 29.3 Å². The van der Waals surface area contributed by atoms with Gasteiger partial charge in [0.05, 0.1) is 16.5 Å². The van der Waals surface area contributed by atoms with E-state index in [0.717, 1.165) is 5.56 Å². The Morgan fingerprint density at radius 1 is 1.32 bits per heavy atom. The topological polar surface area (TPSA) is 57.7 Å². The molecule has 2 rings (SSSR count). The molecule has 0 radical (unpaired) electrons. The second-order valence-electron chi connectivity index (χ2n) is 4.45. The molecule has 0 aromatic heterocycles. The molecule has 5 heteroatoms. The number of halogens is 1. The maximum atomic E-state index is 9.18. The fourth-order valence-corrected chi connectivity index (χ4v) is 2.00. The summed E-state index contributed by atoms with van der Waals surface area (Å²) in [5.41, 5.74) is 1.40. The van der Waals surface area contributed by atoms with Crippen molar-refractivity contribution in [2.24, 2.45) is 9.98 Å². The van der Waals surface area contributed by atoms with E-state index < -0.39 is 0 Å². The highest BCUT2D eigenvalue weighted by atomic mass is 79.9. The predicted octanol–water partition coefficient (Wildman–Crippen LogP) is 3.26. The molecule has 19 heavy (non-hydrogen) atoms. The van der Waals surface area contributed by atoms with Gasteiger partial charge in [0.15, 0.2) is 6.17 Å². The lowest BCUT2D eigenvalue weighted by Crippen LogP contribution is -2.10. The Morgan fingerprint density at radius 2 is 2.00 bits per heavy atom. The standard InChI is InChI=1S/C14H14BrN3O/c1-9(2)19-13-4-3-10(5-11(13)6-16)14-17-7-12(15)8-18-14/h3-5,7-9,12,14H,1-2H3. The average molecular weight is 320 g/mol. The Labute approximate surface area is 121 Å². The number of benzene rings is 1. The molecular formula is C14H14BrN3O. The van der Waals surface area contributed by atoms with Crippen LogP contribution in [-0.4, -0.2) is 23.4 Å². The third kappa shape index (κ3) is 3.42. The van der Waals surface area contributed by atoms with Gasteiger partial charge in [-0.3, -0.25) is 9.98 Å². The van der Waals surface area contributed by atoms with Crippen molar-refractivity contribution in [2.45, 2.75) is 30.9 Å². The highest BCUT2D eigenvalue weighted by Gasteiger charge is 2.14. The predicted molar refractivity (Wildman–Crippen MR) is 79.4 cm³/mol. The van der Waals surface area contributed by atoms with Crippen LogP contribution in [0.15, 0.2) is 28.2 Å². The van der Waals surface area contributed by atoms with E-state index in [0.29, 0.717) is 11.3 Å². The minimum atomic E-state index is -0.269. The first-order valence-corrected chi connectivity index (χ1v) is 6.93. The molecule has 1 aliphatic rings. The number of nitriles is 1. The molecular weight excluding hydrogens is 306 g/mol. The molecule has 0 amide bonds. The Hall–Kier alpha value is -1.67. The molecule has 0 N–H and O–H groups in total. The second kappa shape index (κ2) is 5.98. The van der Waals surface area contributed by atoms with Gasteiger partial charge in [0, 0.05) is 12.4 Å². The summed E-state index contributed by atoms with van der Waals surface area (Å²) in [5, 5.41) is 9.18. The number of aliphatic imine (C=N–C) groups is 2. The molecule has 1 aromatic rings. The van der Waals surface area contributed by atoms with Crippen molar-refractivity contribution in [1.29, 1.82) is 5.26 Å². The van der Waals surface area contributed by atoms with Crippen LogP contribution in [0.3, 0.4) is 0 Å². The molecule has 0 unspecified atom stereocenters. The molecule has 1 heterocycles. The summed E-state index contributed by atoms with van der Waals surface area (Å²) in [6.45, 7) is 3.86. The van der Waals surface area contributed by atoms with Crippen LogP contribution in [0.25, 0.3) is 0 Å². The highest BCUT2D eigenvalue weighted by molar-refractivity contribution is 9.10. The van der Waals surface area contributed by atoms with Gasteiger partial charge in [0.1, 0.15) is 11.8 Å². The molecule has 0 saturated heterocycles. The molecule has 98 valence electrons. The zero-order valence-corrected chi connectivity index (χ0v) is 12.3. The van der Waals surface area contributed by atoms with Crippen molar-refractivity contribution < 1.29 is 4.74 Å². The fourth-order valence-electron chi connectivity index (χ4n) is 1.73. The first-order chi connectivity index (χ1) is 9.10. The van der Waals surface area contributed by atoms with Crippen LogP contribution in [0.4, 0.5) is 0 Å². The largest absolute Gasteiger partial charge is 0.490 e. The van der Waals surface area contributed by atoms with E-state index in [1.807, 2.05) is 19.9 Å². The van der Waals surface area contributed by atoms with E-state index in [2.05, 4.69) is 32.0 Å². The number of hydrogen-bond acceptors (Lipinski definition) is 4. The van der Waals surface area contributed by atoms with E-state index in [1.54, 1.807) is 24.6 Å². The Kier molecular flexibility index (Phi) is 4.33. The van der Waals surface area contributed by atoms with Crippen molar-refractivity contribution in [1.82, 2.24) is 0 Å². The van der Waals surface area contributed by atoms with E-state index in [-0.39, 0.29) is 17.1 Å². The molecule has 1 aliphatic heterocycles. The van der Waals surface area contributed by atoms with Crippen LogP contribution < -0.4 is 4.74 Å². The van der Waals surface area contributed by atoms with Crippen LogP contribution in [-0.2, 0) is 0 Å². The van der Waals surface area contributed by atoms with Crippen LogP contribution in [0, 0.1) is 11.3 Å². The van der Waals surface area contributed by atoms with Crippen LogP contribution in [0.2, 0.25) is 0 Å². The fraction of sp³-hybridized carbons (Fsp3) is 0.357. The van der Waals surface area contributed by atoms with Crippen molar-refractivity contribution in [3.8, 4) is 11.8 Å². The molecule has 1 aromatic carbocycles. The van der Waals surface area contributed by atoms with E-state index in [4.69, 9.17) is 4.74 Å². The maximum absolute atomic E-state index is 9.18. The molecule has 0 saturated carbocycles. The lowest BCUT2D eigenvalue weighted by atomic mass is 10.1. The first kappa shape index (κ1) is 13.8. The Bertz CT molecular complexity index is 546. The number of hydrogen-bond donors (Lipinski definition) is 0. The molecule has 0 spiro atoms. The van der Waals surface area contributed by atoms with E-state index in [1.165, 1.54) is 0 Å². The minimum absolute atomic E-state index is 0.0397. The minimum Gasteiger partial charge on any atom is -0.490 e. The smallest absolute Gasteiger partial charge is 0.164 e. The third-order valence-corrected chi connectivity index (χ3v) is 3.00. The summed E-state index contributed by atoms with van der Waals surface area (Å²) >= 11 is 3.38. The van der Waals surface area contributed by atoms with Gasteiger partial charge in [-0.05, 0) is 31.5 Å². The van der Waals surface area contributed by atoms with Gasteiger partial charge >= 0.3 is 0 Å².